The van der Waals surface area contributed by atoms with E-state index in [9.17, 15) is 14.4 Å². The van der Waals surface area contributed by atoms with Gasteiger partial charge in [-0.2, -0.15) is 0 Å². The van der Waals surface area contributed by atoms with Crippen LogP contribution in [-0.4, -0.2) is 39.7 Å². The zero-order valence-electron chi connectivity index (χ0n) is 25.7. The molecule has 1 unspecified atom stereocenters. The third-order valence-electron chi connectivity index (χ3n) is 7.17. The Labute approximate surface area is 249 Å². The van der Waals surface area contributed by atoms with E-state index in [4.69, 9.17) is 14.5 Å². The van der Waals surface area contributed by atoms with Crippen molar-refractivity contribution in [3.8, 4) is 17.0 Å². The van der Waals surface area contributed by atoms with Crippen molar-refractivity contribution in [1.29, 1.82) is 0 Å². The van der Waals surface area contributed by atoms with Crippen molar-refractivity contribution in [3.05, 3.63) is 82.4 Å². The Bertz CT molecular complexity index is 1350. The fraction of sp³-hybridized carbons (Fsp3) is 0.471. The van der Waals surface area contributed by atoms with Crippen LogP contribution in [0.5, 0.6) is 5.75 Å². The molecule has 0 fully saturated rings. The van der Waals surface area contributed by atoms with E-state index in [2.05, 4.69) is 12.2 Å². The van der Waals surface area contributed by atoms with Crippen LogP contribution in [-0.2, 0) is 22.5 Å². The summed E-state index contributed by atoms with van der Waals surface area (Å²) in [6.07, 6.45) is 6.44. The van der Waals surface area contributed by atoms with Crippen LogP contribution in [0.1, 0.15) is 89.3 Å². The second-order valence-corrected chi connectivity index (χ2v) is 10.9. The third kappa shape index (κ3) is 9.29. The molecule has 2 aromatic carbocycles. The molecule has 0 spiro atoms. The topological polar surface area (TPSA) is 99.5 Å². The fourth-order valence-corrected chi connectivity index (χ4v) is 4.80. The first-order chi connectivity index (χ1) is 20.2. The molecule has 1 atom stereocenters. The van der Waals surface area contributed by atoms with Gasteiger partial charge < -0.3 is 14.8 Å². The second kappa shape index (κ2) is 15.9. The van der Waals surface area contributed by atoms with Crippen molar-refractivity contribution in [1.82, 2.24) is 14.9 Å². The minimum atomic E-state index is -1.15. The van der Waals surface area contributed by atoms with Gasteiger partial charge in [0.1, 0.15) is 11.6 Å². The number of rotatable bonds is 16. The largest absolute Gasteiger partial charge is 0.476 e. The number of nitrogens with one attached hydrogen (secondary N) is 1. The van der Waals surface area contributed by atoms with Crippen LogP contribution in [0.15, 0.2) is 65.5 Å². The number of carbonyl (C=O) groups excluding carboxylic acids is 2. The average molecular weight is 576 g/mol. The number of esters is 1. The summed E-state index contributed by atoms with van der Waals surface area (Å²) in [5, 5.41) is 3.19. The van der Waals surface area contributed by atoms with Crippen LogP contribution < -0.4 is 15.6 Å². The fourth-order valence-electron chi connectivity index (χ4n) is 4.80. The van der Waals surface area contributed by atoms with E-state index in [0.29, 0.717) is 36.4 Å². The van der Waals surface area contributed by atoms with E-state index in [0.717, 1.165) is 43.5 Å². The van der Waals surface area contributed by atoms with Crippen molar-refractivity contribution >= 4 is 11.9 Å². The van der Waals surface area contributed by atoms with Gasteiger partial charge in [0.05, 0.1) is 12.3 Å². The first kappa shape index (κ1) is 32.6. The number of amides is 1. The minimum absolute atomic E-state index is 0.0851. The number of hydrogen-bond acceptors (Lipinski definition) is 6. The lowest BCUT2D eigenvalue weighted by Gasteiger charge is -2.24. The molecular weight excluding hydrogens is 530 g/mol. The molecule has 42 heavy (non-hydrogen) atoms. The molecule has 0 aliphatic rings. The molecule has 1 aromatic heterocycles. The standard InChI is InChI=1S/C34H45N3O5/c1-6-9-10-14-17-27(22-23-37-30(7-2)36-29(24-31(37)38)25-15-12-11-13-16-25)35-32(39)26-18-20-28(21-19-26)42-34(4,5)33(40)41-8-3/h11-13,15-16,18-21,24,27H,6-10,14,17,22-23H2,1-5H3,(H,35,39). The molecule has 0 bridgehead atoms. The molecule has 0 radical (unpaired) electrons. The quantitative estimate of drug-likeness (QED) is 0.158. The lowest BCUT2D eigenvalue weighted by molar-refractivity contribution is -0.158. The second-order valence-electron chi connectivity index (χ2n) is 10.9. The normalized spacial score (nSPS) is 12.0. The summed E-state index contributed by atoms with van der Waals surface area (Å²) in [7, 11) is 0. The first-order valence-corrected chi connectivity index (χ1v) is 15.1. The highest BCUT2D eigenvalue weighted by Gasteiger charge is 2.31. The van der Waals surface area contributed by atoms with Crippen LogP contribution in [0.25, 0.3) is 11.3 Å². The van der Waals surface area contributed by atoms with Crippen molar-refractivity contribution in [2.75, 3.05) is 6.61 Å². The zero-order valence-corrected chi connectivity index (χ0v) is 25.7. The number of hydrogen-bond donors (Lipinski definition) is 1. The minimum Gasteiger partial charge on any atom is -0.476 e. The molecule has 0 saturated carbocycles. The number of nitrogens with zero attached hydrogens (tertiary/aromatic N) is 2. The first-order valence-electron chi connectivity index (χ1n) is 15.1. The lowest BCUT2D eigenvalue weighted by Crippen LogP contribution is -2.39. The number of carbonyl (C=O) groups is 2. The van der Waals surface area contributed by atoms with Crippen molar-refractivity contribution < 1.29 is 19.1 Å². The van der Waals surface area contributed by atoms with Crippen LogP contribution in [0, 0.1) is 0 Å². The molecular formula is C34H45N3O5. The van der Waals surface area contributed by atoms with Crippen LogP contribution in [0.4, 0.5) is 0 Å². The molecule has 0 aliphatic carbocycles. The highest BCUT2D eigenvalue weighted by Crippen LogP contribution is 2.21. The lowest BCUT2D eigenvalue weighted by atomic mass is 10.0. The Morgan fingerprint density at radius 1 is 0.952 bits per heavy atom. The van der Waals surface area contributed by atoms with E-state index in [1.54, 1.807) is 55.7 Å². The van der Waals surface area contributed by atoms with E-state index >= 15 is 0 Å². The number of ether oxygens (including phenoxy) is 2. The molecule has 3 aromatic rings. The highest BCUT2D eigenvalue weighted by atomic mass is 16.6. The maximum absolute atomic E-state index is 13.2. The van der Waals surface area contributed by atoms with Gasteiger partial charge in [-0.05, 0) is 57.9 Å². The van der Waals surface area contributed by atoms with E-state index in [1.165, 1.54) is 0 Å². The SMILES string of the molecule is CCCCCCC(CCn1c(CC)nc(-c2ccccc2)cc1=O)NC(=O)c1ccc(OC(C)(C)C(=O)OCC)cc1. The van der Waals surface area contributed by atoms with E-state index in [1.807, 2.05) is 37.3 Å². The van der Waals surface area contributed by atoms with Crippen molar-refractivity contribution in [2.24, 2.45) is 0 Å². The maximum atomic E-state index is 13.2. The predicted molar refractivity (Wildman–Crippen MR) is 166 cm³/mol. The van der Waals surface area contributed by atoms with Gasteiger partial charge in [0.15, 0.2) is 5.60 Å². The number of aryl methyl sites for hydroxylation is 1. The van der Waals surface area contributed by atoms with Gasteiger partial charge in [0.25, 0.3) is 11.5 Å². The molecule has 1 amide bonds. The zero-order chi connectivity index (χ0) is 30.5. The summed E-state index contributed by atoms with van der Waals surface area (Å²) >= 11 is 0. The van der Waals surface area contributed by atoms with Gasteiger partial charge in [-0.3, -0.25) is 14.2 Å². The summed E-state index contributed by atoms with van der Waals surface area (Å²) in [4.78, 5) is 43.3. The highest BCUT2D eigenvalue weighted by molar-refractivity contribution is 5.94. The van der Waals surface area contributed by atoms with Gasteiger partial charge in [0.2, 0.25) is 0 Å². The molecule has 8 nitrogen and oxygen atoms in total. The smallest absolute Gasteiger partial charge is 0.349 e. The molecule has 226 valence electrons. The Balaban J connectivity index is 1.71. The van der Waals surface area contributed by atoms with Gasteiger partial charge in [-0.25, -0.2) is 9.78 Å². The number of aromatic nitrogens is 2. The number of unbranched alkanes of at least 4 members (excludes halogenated alkanes) is 3. The van der Waals surface area contributed by atoms with Gasteiger partial charge >= 0.3 is 5.97 Å². The molecule has 1 heterocycles. The predicted octanol–water partition coefficient (Wildman–Crippen LogP) is 6.35. The molecule has 0 aliphatic heterocycles. The van der Waals surface area contributed by atoms with Crippen LogP contribution in [0.2, 0.25) is 0 Å². The van der Waals surface area contributed by atoms with Crippen LogP contribution >= 0.6 is 0 Å². The molecule has 1 N–H and O–H groups in total. The molecule has 8 heteroatoms. The monoisotopic (exact) mass is 575 g/mol. The summed E-state index contributed by atoms with van der Waals surface area (Å²) in [6.45, 7) is 9.96. The van der Waals surface area contributed by atoms with Crippen molar-refractivity contribution in [3.63, 3.8) is 0 Å². The molecule has 3 rings (SSSR count). The van der Waals surface area contributed by atoms with Gasteiger partial charge in [0, 0.05) is 36.2 Å². The number of benzene rings is 2. The van der Waals surface area contributed by atoms with Crippen LogP contribution in [0.3, 0.4) is 0 Å². The van der Waals surface area contributed by atoms with E-state index < -0.39 is 11.6 Å². The molecule has 0 saturated heterocycles. The van der Waals surface area contributed by atoms with Gasteiger partial charge in [-0.15, -0.1) is 0 Å². The maximum Gasteiger partial charge on any atom is 0.349 e. The Kier molecular flexibility index (Phi) is 12.3. The summed E-state index contributed by atoms with van der Waals surface area (Å²) in [6, 6.07) is 17.9. The van der Waals surface area contributed by atoms with Gasteiger partial charge in [-0.1, -0.05) is 69.9 Å². The Morgan fingerprint density at radius 2 is 1.67 bits per heavy atom. The van der Waals surface area contributed by atoms with Crippen molar-refractivity contribution in [2.45, 2.75) is 97.8 Å². The summed E-state index contributed by atoms with van der Waals surface area (Å²) < 4.78 is 12.6. The summed E-state index contributed by atoms with van der Waals surface area (Å²) in [5.41, 5.74) is 0.857. The third-order valence-corrected chi connectivity index (χ3v) is 7.17. The van der Waals surface area contributed by atoms with E-state index in [-0.39, 0.29) is 24.1 Å². The average Bonchev–Trinajstić information content (AvgIpc) is 2.98. The Hall–Kier alpha value is -3.94. The Morgan fingerprint density at radius 3 is 2.31 bits per heavy atom. The summed E-state index contributed by atoms with van der Waals surface area (Å²) in [5.74, 6) is 0.567.